The van der Waals surface area contributed by atoms with Gasteiger partial charge in [0.15, 0.2) is 0 Å². The van der Waals surface area contributed by atoms with Gasteiger partial charge in [0.25, 0.3) is 0 Å². The largest absolute Gasteiger partial charge is 0.0651 e. The van der Waals surface area contributed by atoms with E-state index in [9.17, 15) is 0 Å². The van der Waals surface area contributed by atoms with E-state index in [1.807, 2.05) is 0 Å². The average molecular weight is 252 g/mol. The van der Waals surface area contributed by atoms with Crippen molar-refractivity contribution in [1.82, 2.24) is 0 Å². The SMILES string of the molecule is CCCc1ccc(C(C)(CC)c2ccccc2)cc1. The zero-order chi connectivity index (χ0) is 13.7. The molecule has 1 atom stereocenters. The van der Waals surface area contributed by atoms with E-state index in [-0.39, 0.29) is 5.41 Å². The number of aryl methyl sites for hydroxylation is 1. The summed E-state index contributed by atoms with van der Waals surface area (Å²) >= 11 is 0. The lowest BCUT2D eigenvalue weighted by atomic mass is 9.74. The number of hydrogen-bond acceptors (Lipinski definition) is 0. The van der Waals surface area contributed by atoms with Crippen LogP contribution in [0.4, 0.5) is 0 Å². The molecule has 1 unspecified atom stereocenters. The number of rotatable bonds is 5. The van der Waals surface area contributed by atoms with E-state index in [0.717, 1.165) is 6.42 Å². The molecule has 0 aliphatic heterocycles. The normalized spacial score (nSPS) is 14.1. The van der Waals surface area contributed by atoms with Gasteiger partial charge in [0.05, 0.1) is 0 Å². The Morgan fingerprint density at radius 3 is 1.89 bits per heavy atom. The summed E-state index contributed by atoms with van der Waals surface area (Å²) in [5.41, 5.74) is 4.38. The summed E-state index contributed by atoms with van der Waals surface area (Å²) < 4.78 is 0. The van der Waals surface area contributed by atoms with Gasteiger partial charge in [-0.1, -0.05) is 81.8 Å². The van der Waals surface area contributed by atoms with Crippen LogP contribution in [0.15, 0.2) is 54.6 Å². The van der Waals surface area contributed by atoms with E-state index >= 15 is 0 Å². The van der Waals surface area contributed by atoms with Crippen LogP contribution in [-0.2, 0) is 11.8 Å². The van der Waals surface area contributed by atoms with E-state index in [0.29, 0.717) is 0 Å². The highest BCUT2D eigenvalue weighted by Crippen LogP contribution is 2.35. The summed E-state index contributed by atoms with van der Waals surface area (Å²) in [4.78, 5) is 0. The molecular formula is C19H24. The topological polar surface area (TPSA) is 0 Å². The molecule has 0 heterocycles. The molecule has 0 radical (unpaired) electrons. The van der Waals surface area contributed by atoms with Crippen molar-refractivity contribution in [3.63, 3.8) is 0 Å². The summed E-state index contributed by atoms with van der Waals surface area (Å²) in [6.45, 7) is 6.85. The van der Waals surface area contributed by atoms with E-state index in [1.54, 1.807) is 0 Å². The lowest BCUT2D eigenvalue weighted by Crippen LogP contribution is -2.22. The van der Waals surface area contributed by atoms with Crippen LogP contribution in [0, 0.1) is 0 Å². The molecule has 19 heavy (non-hydrogen) atoms. The first-order chi connectivity index (χ1) is 9.20. The summed E-state index contributed by atoms with van der Waals surface area (Å²) in [5.74, 6) is 0. The first-order valence-corrected chi connectivity index (χ1v) is 7.35. The zero-order valence-electron chi connectivity index (χ0n) is 12.3. The first-order valence-electron chi connectivity index (χ1n) is 7.35. The van der Waals surface area contributed by atoms with Crippen LogP contribution in [0.2, 0.25) is 0 Å². The zero-order valence-corrected chi connectivity index (χ0v) is 12.3. The van der Waals surface area contributed by atoms with Crippen LogP contribution >= 0.6 is 0 Å². The quantitative estimate of drug-likeness (QED) is 0.672. The van der Waals surface area contributed by atoms with Gasteiger partial charge in [-0.25, -0.2) is 0 Å². The number of benzene rings is 2. The summed E-state index contributed by atoms with van der Waals surface area (Å²) in [6.07, 6.45) is 3.50. The molecule has 0 aliphatic carbocycles. The smallest absolute Gasteiger partial charge is 0.0172 e. The lowest BCUT2D eigenvalue weighted by molar-refractivity contribution is 0.549. The highest BCUT2D eigenvalue weighted by Gasteiger charge is 2.26. The molecule has 0 saturated heterocycles. The number of hydrogen-bond donors (Lipinski definition) is 0. The Labute approximate surface area is 117 Å². The molecular weight excluding hydrogens is 228 g/mol. The Morgan fingerprint density at radius 1 is 0.789 bits per heavy atom. The van der Waals surface area contributed by atoms with E-state index in [1.165, 1.54) is 29.5 Å². The van der Waals surface area contributed by atoms with Gasteiger partial charge in [-0.15, -0.1) is 0 Å². The highest BCUT2D eigenvalue weighted by molar-refractivity contribution is 5.39. The van der Waals surface area contributed by atoms with Crippen molar-refractivity contribution in [2.75, 3.05) is 0 Å². The molecule has 0 amide bonds. The standard InChI is InChI=1S/C19H24/c1-4-9-16-12-14-18(15-13-16)19(3,5-2)17-10-7-6-8-11-17/h6-8,10-15H,4-5,9H2,1-3H3. The molecule has 0 spiro atoms. The molecule has 0 aliphatic rings. The van der Waals surface area contributed by atoms with Crippen molar-refractivity contribution in [2.24, 2.45) is 0 Å². The summed E-state index contributed by atoms with van der Waals surface area (Å²) in [5, 5.41) is 0. The van der Waals surface area contributed by atoms with Crippen molar-refractivity contribution < 1.29 is 0 Å². The van der Waals surface area contributed by atoms with Crippen LogP contribution in [-0.4, -0.2) is 0 Å². The molecule has 100 valence electrons. The average Bonchev–Trinajstić information content (AvgIpc) is 2.48. The third-order valence-electron chi connectivity index (χ3n) is 4.25. The van der Waals surface area contributed by atoms with Gasteiger partial charge >= 0.3 is 0 Å². The van der Waals surface area contributed by atoms with E-state index in [4.69, 9.17) is 0 Å². The van der Waals surface area contributed by atoms with Gasteiger partial charge in [0.2, 0.25) is 0 Å². The van der Waals surface area contributed by atoms with Gasteiger partial charge in [0.1, 0.15) is 0 Å². The van der Waals surface area contributed by atoms with E-state index in [2.05, 4.69) is 75.4 Å². The Morgan fingerprint density at radius 2 is 1.37 bits per heavy atom. The monoisotopic (exact) mass is 252 g/mol. The molecule has 0 nitrogen and oxygen atoms in total. The Bertz CT molecular complexity index is 495. The minimum Gasteiger partial charge on any atom is -0.0651 e. The van der Waals surface area contributed by atoms with Crippen molar-refractivity contribution in [1.29, 1.82) is 0 Å². The van der Waals surface area contributed by atoms with Crippen molar-refractivity contribution >= 4 is 0 Å². The Balaban J connectivity index is 2.36. The van der Waals surface area contributed by atoms with Crippen molar-refractivity contribution in [3.8, 4) is 0 Å². The molecule has 0 N–H and O–H groups in total. The fourth-order valence-corrected chi connectivity index (χ4v) is 2.71. The van der Waals surface area contributed by atoms with Crippen molar-refractivity contribution in [3.05, 3.63) is 71.3 Å². The molecule has 0 fully saturated rings. The molecule has 0 aromatic heterocycles. The van der Waals surface area contributed by atoms with Gasteiger partial charge in [0, 0.05) is 5.41 Å². The minimum atomic E-state index is 0.117. The Hall–Kier alpha value is -1.56. The van der Waals surface area contributed by atoms with Crippen LogP contribution in [0.3, 0.4) is 0 Å². The fraction of sp³-hybridized carbons (Fsp3) is 0.368. The maximum Gasteiger partial charge on any atom is 0.0172 e. The second-order valence-electron chi connectivity index (χ2n) is 5.50. The third-order valence-corrected chi connectivity index (χ3v) is 4.25. The first kappa shape index (κ1) is 13.9. The van der Waals surface area contributed by atoms with Gasteiger partial charge < -0.3 is 0 Å². The molecule has 2 rings (SSSR count). The summed E-state index contributed by atoms with van der Waals surface area (Å²) in [7, 11) is 0. The van der Waals surface area contributed by atoms with Crippen LogP contribution < -0.4 is 0 Å². The van der Waals surface area contributed by atoms with E-state index < -0.39 is 0 Å². The maximum absolute atomic E-state index is 2.34. The van der Waals surface area contributed by atoms with Gasteiger partial charge in [-0.3, -0.25) is 0 Å². The van der Waals surface area contributed by atoms with Crippen LogP contribution in [0.1, 0.15) is 50.3 Å². The maximum atomic E-state index is 2.34. The predicted octanol–water partition coefficient (Wildman–Crippen LogP) is 5.36. The van der Waals surface area contributed by atoms with Crippen LogP contribution in [0.5, 0.6) is 0 Å². The third kappa shape index (κ3) is 2.89. The van der Waals surface area contributed by atoms with Gasteiger partial charge in [-0.2, -0.15) is 0 Å². The summed E-state index contributed by atoms with van der Waals surface area (Å²) in [6, 6.07) is 20.0. The van der Waals surface area contributed by atoms with Crippen molar-refractivity contribution in [2.45, 2.75) is 45.4 Å². The molecule has 2 aromatic rings. The second-order valence-corrected chi connectivity index (χ2v) is 5.50. The molecule has 0 bridgehead atoms. The predicted molar refractivity (Wildman–Crippen MR) is 83.6 cm³/mol. The molecule has 2 aromatic carbocycles. The highest BCUT2D eigenvalue weighted by atomic mass is 14.3. The Kier molecular flexibility index (Phi) is 4.42. The molecule has 0 saturated carbocycles. The minimum absolute atomic E-state index is 0.117. The van der Waals surface area contributed by atoms with Crippen LogP contribution in [0.25, 0.3) is 0 Å². The van der Waals surface area contributed by atoms with Gasteiger partial charge in [-0.05, 0) is 29.5 Å². The fourth-order valence-electron chi connectivity index (χ4n) is 2.71. The lowest BCUT2D eigenvalue weighted by Gasteiger charge is -2.30. The second kappa shape index (κ2) is 6.06. The molecule has 0 heteroatoms.